The van der Waals surface area contributed by atoms with Crippen LogP contribution >= 0.6 is 23.4 Å². The predicted molar refractivity (Wildman–Crippen MR) is 104 cm³/mol. The first-order valence-electron chi connectivity index (χ1n) is 7.76. The lowest BCUT2D eigenvalue weighted by Gasteiger charge is -2.15. The number of carbonyl (C=O) groups excluding carboxylic acids is 2. The molecule has 0 aromatic heterocycles. The first-order chi connectivity index (χ1) is 11.9. The molecule has 0 unspecified atom stereocenters. The van der Waals surface area contributed by atoms with Crippen molar-refractivity contribution in [2.24, 2.45) is 0 Å². The number of benzene rings is 2. The molecule has 6 heteroatoms. The predicted octanol–water partition coefficient (Wildman–Crippen LogP) is 5.06. The van der Waals surface area contributed by atoms with Crippen LogP contribution in [0.2, 0.25) is 5.02 Å². The molecule has 1 aliphatic rings. The standard InChI is InChI=1S/C19H17ClN2O2S/c1-12-3-6-14(7-4-12)9-17-18(23)22(19(24)25-17)11-21-15-8-5-13(2)16(20)10-15/h3-10,21H,11H2,1-2H3. The number of halogens is 1. The Labute approximate surface area is 155 Å². The molecule has 25 heavy (non-hydrogen) atoms. The van der Waals surface area contributed by atoms with Crippen molar-refractivity contribution in [3.05, 3.63) is 69.1 Å². The van der Waals surface area contributed by atoms with Gasteiger partial charge in [-0.05, 0) is 54.9 Å². The number of carbonyl (C=O) groups is 2. The third kappa shape index (κ3) is 4.06. The summed E-state index contributed by atoms with van der Waals surface area (Å²) < 4.78 is 0. The lowest BCUT2D eigenvalue weighted by Crippen LogP contribution is -2.33. The number of nitrogens with one attached hydrogen (secondary N) is 1. The Morgan fingerprint density at radius 3 is 2.52 bits per heavy atom. The van der Waals surface area contributed by atoms with E-state index in [4.69, 9.17) is 11.6 Å². The average Bonchev–Trinajstić information content (AvgIpc) is 2.84. The number of hydrogen-bond donors (Lipinski definition) is 1. The molecule has 1 fully saturated rings. The van der Waals surface area contributed by atoms with Crippen LogP contribution in [0.1, 0.15) is 16.7 Å². The van der Waals surface area contributed by atoms with Crippen LogP contribution in [0.15, 0.2) is 47.4 Å². The van der Waals surface area contributed by atoms with Gasteiger partial charge in [0, 0.05) is 10.7 Å². The van der Waals surface area contributed by atoms with E-state index in [0.717, 1.165) is 34.1 Å². The zero-order valence-electron chi connectivity index (χ0n) is 13.9. The lowest BCUT2D eigenvalue weighted by molar-refractivity contribution is -0.122. The third-order valence-corrected chi connectivity index (χ3v) is 5.18. The zero-order chi connectivity index (χ0) is 18.0. The van der Waals surface area contributed by atoms with Crippen LogP contribution in [-0.4, -0.2) is 22.7 Å². The Morgan fingerprint density at radius 2 is 1.84 bits per heavy atom. The second-order valence-corrected chi connectivity index (χ2v) is 7.22. The molecule has 1 heterocycles. The first-order valence-corrected chi connectivity index (χ1v) is 8.95. The second-order valence-electron chi connectivity index (χ2n) is 5.82. The van der Waals surface area contributed by atoms with Crippen molar-refractivity contribution in [3.8, 4) is 0 Å². The highest BCUT2D eigenvalue weighted by Gasteiger charge is 2.34. The molecule has 4 nitrogen and oxygen atoms in total. The summed E-state index contributed by atoms with van der Waals surface area (Å²) in [6.45, 7) is 4.02. The summed E-state index contributed by atoms with van der Waals surface area (Å²) in [6.07, 6.45) is 1.74. The summed E-state index contributed by atoms with van der Waals surface area (Å²) in [5.41, 5.74) is 3.78. The fraction of sp³-hybridized carbons (Fsp3) is 0.158. The van der Waals surface area contributed by atoms with Crippen LogP contribution < -0.4 is 5.32 Å². The number of rotatable bonds is 4. The molecule has 3 rings (SSSR count). The van der Waals surface area contributed by atoms with Crippen molar-refractivity contribution >= 4 is 46.3 Å². The maximum Gasteiger partial charge on any atom is 0.295 e. The van der Waals surface area contributed by atoms with Gasteiger partial charge in [-0.25, -0.2) is 0 Å². The summed E-state index contributed by atoms with van der Waals surface area (Å²) in [4.78, 5) is 26.2. The van der Waals surface area contributed by atoms with Gasteiger partial charge in [0.2, 0.25) is 0 Å². The number of thioether (sulfide) groups is 1. The highest BCUT2D eigenvalue weighted by molar-refractivity contribution is 8.18. The summed E-state index contributed by atoms with van der Waals surface area (Å²) in [5, 5.41) is 3.42. The molecule has 2 aromatic carbocycles. The van der Waals surface area contributed by atoms with Crippen LogP contribution in [0.4, 0.5) is 10.5 Å². The lowest BCUT2D eigenvalue weighted by atomic mass is 10.1. The summed E-state index contributed by atoms with van der Waals surface area (Å²) >= 11 is 7.04. The largest absolute Gasteiger partial charge is 0.367 e. The van der Waals surface area contributed by atoms with Gasteiger partial charge in [0.1, 0.15) is 0 Å². The highest BCUT2D eigenvalue weighted by atomic mass is 35.5. The Bertz CT molecular complexity index is 862. The van der Waals surface area contributed by atoms with Gasteiger partial charge in [-0.3, -0.25) is 14.5 Å². The molecule has 0 radical (unpaired) electrons. The molecular formula is C19H17ClN2O2S. The summed E-state index contributed by atoms with van der Waals surface area (Å²) in [6, 6.07) is 13.3. The van der Waals surface area contributed by atoms with Crippen molar-refractivity contribution in [1.82, 2.24) is 4.90 Å². The van der Waals surface area contributed by atoms with Crippen molar-refractivity contribution < 1.29 is 9.59 Å². The molecule has 2 aromatic rings. The summed E-state index contributed by atoms with van der Waals surface area (Å²) in [5.74, 6) is -0.290. The molecule has 0 bridgehead atoms. The van der Waals surface area contributed by atoms with Gasteiger partial charge in [-0.2, -0.15) is 0 Å². The Balaban J connectivity index is 1.70. The van der Waals surface area contributed by atoms with Gasteiger partial charge in [-0.1, -0.05) is 47.5 Å². The minimum Gasteiger partial charge on any atom is -0.367 e. The number of hydrogen-bond acceptors (Lipinski definition) is 4. The first kappa shape index (κ1) is 17.6. The van der Waals surface area contributed by atoms with Gasteiger partial charge in [-0.15, -0.1) is 0 Å². The van der Waals surface area contributed by atoms with E-state index in [1.54, 1.807) is 12.1 Å². The molecule has 0 aliphatic carbocycles. The maximum atomic E-state index is 12.5. The number of imide groups is 1. The minimum absolute atomic E-state index is 0.106. The van der Waals surface area contributed by atoms with E-state index in [1.165, 1.54) is 4.90 Å². The Kier molecular flexibility index (Phi) is 5.16. The topological polar surface area (TPSA) is 49.4 Å². The normalized spacial score (nSPS) is 16.0. The Hall–Kier alpha value is -2.24. The fourth-order valence-corrected chi connectivity index (χ4v) is 3.34. The van der Waals surface area contributed by atoms with Crippen LogP contribution in [-0.2, 0) is 4.79 Å². The summed E-state index contributed by atoms with van der Waals surface area (Å²) in [7, 11) is 0. The molecular weight excluding hydrogens is 356 g/mol. The van der Waals surface area contributed by atoms with Crippen LogP contribution in [0.3, 0.4) is 0 Å². The Morgan fingerprint density at radius 1 is 1.12 bits per heavy atom. The van der Waals surface area contributed by atoms with E-state index in [-0.39, 0.29) is 17.8 Å². The highest BCUT2D eigenvalue weighted by Crippen LogP contribution is 2.32. The zero-order valence-corrected chi connectivity index (χ0v) is 15.4. The molecule has 1 aliphatic heterocycles. The maximum absolute atomic E-state index is 12.5. The van der Waals surface area contributed by atoms with Gasteiger partial charge < -0.3 is 5.32 Å². The molecule has 2 amide bonds. The molecule has 1 saturated heterocycles. The van der Waals surface area contributed by atoms with Crippen molar-refractivity contribution in [3.63, 3.8) is 0 Å². The van der Waals surface area contributed by atoms with Gasteiger partial charge >= 0.3 is 0 Å². The minimum atomic E-state index is -0.290. The second kappa shape index (κ2) is 7.33. The average molecular weight is 373 g/mol. The molecule has 0 atom stereocenters. The SMILES string of the molecule is Cc1ccc(C=C2SC(=O)N(CNc3ccc(C)c(Cl)c3)C2=O)cc1. The fourth-order valence-electron chi connectivity index (χ4n) is 2.32. The number of anilines is 1. The molecule has 1 N–H and O–H groups in total. The van der Waals surface area contributed by atoms with E-state index >= 15 is 0 Å². The van der Waals surface area contributed by atoms with E-state index in [2.05, 4.69) is 5.32 Å². The van der Waals surface area contributed by atoms with Crippen molar-refractivity contribution in [1.29, 1.82) is 0 Å². The quantitative estimate of drug-likeness (QED) is 0.762. The van der Waals surface area contributed by atoms with Crippen molar-refractivity contribution in [2.45, 2.75) is 13.8 Å². The smallest absolute Gasteiger partial charge is 0.295 e. The number of nitrogens with zero attached hydrogens (tertiary/aromatic N) is 1. The van der Waals surface area contributed by atoms with Gasteiger partial charge in [0.05, 0.1) is 11.6 Å². The van der Waals surface area contributed by atoms with Gasteiger partial charge in [0.15, 0.2) is 0 Å². The molecule has 0 spiro atoms. The monoisotopic (exact) mass is 372 g/mol. The molecule has 0 saturated carbocycles. The van der Waals surface area contributed by atoms with Crippen LogP contribution in [0.5, 0.6) is 0 Å². The van der Waals surface area contributed by atoms with E-state index < -0.39 is 0 Å². The van der Waals surface area contributed by atoms with E-state index in [1.807, 2.05) is 50.2 Å². The van der Waals surface area contributed by atoms with Gasteiger partial charge in [0.25, 0.3) is 11.1 Å². The number of amides is 2. The van der Waals surface area contributed by atoms with E-state index in [9.17, 15) is 9.59 Å². The van der Waals surface area contributed by atoms with Crippen LogP contribution in [0, 0.1) is 13.8 Å². The van der Waals surface area contributed by atoms with Crippen LogP contribution in [0.25, 0.3) is 6.08 Å². The third-order valence-electron chi connectivity index (χ3n) is 3.86. The molecule has 128 valence electrons. The number of aryl methyl sites for hydroxylation is 2. The van der Waals surface area contributed by atoms with E-state index in [0.29, 0.717) is 9.93 Å². The van der Waals surface area contributed by atoms with Crippen molar-refractivity contribution in [2.75, 3.05) is 12.0 Å².